The van der Waals surface area contributed by atoms with E-state index in [0.29, 0.717) is 16.9 Å². The zero-order valence-electron chi connectivity index (χ0n) is 15.3. The Hall–Kier alpha value is -2.83. The molecule has 0 aliphatic carbocycles. The lowest BCUT2D eigenvalue weighted by Gasteiger charge is -2.12. The summed E-state index contributed by atoms with van der Waals surface area (Å²) in [6, 6.07) is 16.7. The Labute approximate surface area is 169 Å². The molecule has 5 nitrogen and oxygen atoms in total. The van der Waals surface area contributed by atoms with Crippen molar-refractivity contribution in [2.75, 3.05) is 4.72 Å². The van der Waals surface area contributed by atoms with Crippen LogP contribution in [0.5, 0.6) is 5.75 Å². The molecule has 0 unspecified atom stereocenters. The molecule has 7 heteroatoms. The zero-order valence-corrected chi connectivity index (χ0v) is 16.9. The second-order valence-corrected chi connectivity index (χ2v) is 8.41. The highest BCUT2D eigenvalue weighted by Crippen LogP contribution is 2.29. The Morgan fingerprint density at radius 3 is 2.50 bits per heavy atom. The molecule has 0 amide bonds. The Morgan fingerprint density at radius 1 is 1.04 bits per heavy atom. The summed E-state index contributed by atoms with van der Waals surface area (Å²) in [4.78, 5) is 4.18. The number of sulfonamides is 1. The van der Waals surface area contributed by atoms with Gasteiger partial charge in [-0.15, -0.1) is 0 Å². The first-order valence-corrected chi connectivity index (χ1v) is 10.3. The molecule has 0 atom stereocenters. The molecule has 2 N–H and O–H groups in total. The highest BCUT2D eigenvalue weighted by atomic mass is 35.5. The minimum Gasteiger partial charge on any atom is -0.507 e. The number of nitrogens with zero attached hydrogens (tertiary/aromatic N) is 1. The number of hydrogen-bond donors (Lipinski definition) is 2. The van der Waals surface area contributed by atoms with Crippen molar-refractivity contribution in [1.29, 1.82) is 0 Å². The minimum absolute atomic E-state index is 0.0684. The Balaban J connectivity index is 1.93. The van der Waals surface area contributed by atoms with Crippen LogP contribution in [-0.2, 0) is 10.0 Å². The first kappa shape index (κ1) is 19.9. The number of anilines is 1. The summed E-state index contributed by atoms with van der Waals surface area (Å²) in [5.74, 6) is 0.0876. The monoisotopic (exact) mass is 414 g/mol. The quantitative estimate of drug-likeness (QED) is 0.562. The molecule has 144 valence electrons. The molecular weight excluding hydrogens is 396 g/mol. The predicted molar refractivity (Wildman–Crippen MR) is 114 cm³/mol. The molecule has 0 spiro atoms. The molecule has 3 aromatic rings. The van der Waals surface area contributed by atoms with Crippen LogP contribution in [0.2, 0.25) is 5.02 Å². The third-order valence-corrected chi connectivity index (χ3v) is 5.97. The molecule has 0 saturated carbocycles. The summed E-state index contributed by atoms with van der Waals surface area (Å²) in [5, 5.41) is 9.90. The summed E-state index contributed by atoms with van der Waals surface area (Å²) in [6.45, 7) is 3.77. The summed E-state index contributed by atoms with van der Waals surface area (Å²) < 4.78 is 28.3. The SMILES string of the molecule is Cc1ccc(NS(=O)(=O)c2cc(N=Cc3ccccc3O)ccc2Cl)c(C)c1. The van der Waals surface area contributed by atoms with Crippen molar-refractivity contribution >= 4 is 39.2 Å². The van der Waals surface area contributed by atoms with E-state index in [1.165, 1.54) is 18.3 Å². The average Bonchev–Trinajstić information content (AvgIpc) is 2.64. The zero-order chi connectivity index (χ0) is 20.3. The molecule has 0 saturated heterocycles. The van der Waals surface area contributed by atoms with Crippen LogP contribution in [0.25, 0.3) is 0 Å². The van der Waals surface area contributed by atoms with E-state index in [4.69, 9.17) is 11.6 Å². The molecule has 0 fully saturated rings. The van der Waals surface area contributed by atoms with Crippen molar-refractivity contribution in [3.8, 4) is 5.75 Å². The molecule has 28 heavy (non-hydrogen) atoms. The number of phenolic OH excluding ortho intramolecular Hbond substituents is 1. The van der Waals surface area contributed by atoms with E-state index >= 15 is 0 Å². The lowest BCUT2D eigenvalue weighted by Crippen LogP contribution is -2.14. The number of rotatable bonds is 5. The van der Waals surface area contributed by atoms with E-state index < -0.39 is 10.0 Å². The number of aryl methyl sites for hydroxylation is 2. The van der Waals surface area contributed by atoms with Gasteiger partial charge in [-0.3, -0.25) is 9.71 Å². The number of benzene rings is 3. The van der Waals surface area contributed by atoms with Gasteiger partial charge in [-0.25, -0.2) is 8.42 Å². The summed E-state index contributed by atoms with van der Waals surface area (Å²) in [6.07, 6.45) is 1.46. The maximum absolute atomic E-state index is 12.9. The van der Waals surface area contributed by atoms with Gasteiger partial charge in [-0.1, -0.05) is 41.4 Å². The fraction of sp³-hybridized carbons (Fsp3) is 0.0952. The van der Waals surface area contributed by atoms with Gasteiger partial charge in [0.1, 0.15) is 10.6 Å². The summed E-state index contributed by atoms with van der Waals surface area (Å²) in [5.41, 5.74) is 3.26. The number of para-hydroxylation sites is 1. The second kappa shape index (κ2) is 8.04. The van der Waals surface area contributed by atoms with Gasteiger partial charge in [0.2, 0.25) is 0 Å². The first-order valence-electron chi connectivity index (χ1n) is 8.48. The van der Waals surface area contributed by atoms with E-state index in [1.807, 2.05) is 26.0 Å². The highest BCUT2D eigenvalue weighted by Gasteiger charge is 2.19. The molecule has 0 aliphatic heterocycles. The van der Waals surface area contributed by atoms with Crippen molar-refractivity contribution in [3.05, 3.63) is 82.4 Å². The van der Waals surface area contributed by atoms with Crippen molar-refractivity contribution in [3.63, 3.8) is 0 Å². The largest absolute Gasteiger partial charge is 0.507 e. The maximum Gasteiger partial charge on any atom is 0.263 e. The number of aliphatic imine (C=N–C) groups is 1. The van der Waals surface area contributed by atoms with Crippen molar-refractivity contribution in [2.45, 2.75) is 18.7 Å². The Morgan fingerprint density at radius 2 is 1.79 bits per heavy atom. The summed E-state index contributed by atoms with van der Waals surface area (Å²) >= 11 is 6.14. The van der Waals surface area contributed by atoms with Crippen molar-refractivity contribution in [1.82, 2.24) is 0 Å². The fourth-order valence-electron chi connectivity index (χ4n) is 2.65. The third-order valence-electron chi connectivity index (χ3n) is 4.12. The first-order chi connectivity index (χ1) is 13.3. The standard InChI is InChI=1S/C21H19ClN2O3S/c1-14-7-10-19(15(2)11-14)24-28(26,27)21-12-17(8-9-18(21)22)23-13-16-5-3-4-6-20(16)25/h3-13,24-25H,1-2H3. The van der Waals surface area contributed by atoms with Crippen LogP contribution >= 0.6 is 11.6 Å². The minimum atomic E-state index is -3.90. The number of hydrogen-bond acceptors (Lipinski definition) is 4. The molecule has 3 rings (SSSR count). The van der Waals surface area contributed by atoms with E-state index in [0.717, 1.165) is 11.1 Å². The van der Waals surface area contributed by atoms with Crippen molar-refractivity contribution < 1.29 is 13.5 Å². The number of nitrogens with one attached hydrogen (secondary N) is 1. The normalized spacial score (nSPS) is 11.7. The van der Waals surface area contributed by atoms with Gasteiger partial charge in [-0.05, 0) is 55.8 Å². The van der Waals surface area contributed by atoms with Crippen LogP contribution in [0.3, 0.4) is 0 Å². The average molecular weight is 415 g/mol. The smallest absolute Gasteiger partial charge is 0.263 e. The number of aromatic hydroxyl groups is 1. The fourth-order valence-corrected chi connectivity index (χ4v) is 4.30. The van der Waals surface area contributed by atoms with Crippen LogP contribution < -0.4 is 4.72 Å². The van der Waals surface area contributed by atoms with Crippen LogP contribution in [-0.4, -0.2) is 19.7 Å². The van der Waals surface area contributed by atoms with E-state index in [9.17, 15) is 13.5 Å². The van der Waals surface area contributed by atoms with Gasteiger partial charge >= 0.3 is 0 Å². The lowest BCUT2D eigenvalue weighted by molar-refractivity contribution is 0.474. The van der Waals surface area contributed by atoms with Gasteiger partial charge in [0.15, 0.2) is 0 Å². The van der Waals surface area contributed by atoms with E-state index in [2.05, 4.69) is 9.71 Å². The van der Waals surface area contributed by atoms with Crippen LogP contribution in [0.4, 0.5) is 11.4 Å². The summed E-state index contributed by atoms with van der Waals surface area (Å²) in [7, 11) is -3.90. The Kier molecular flexibility index (Phi) is 5.72. The predicted octanol–water partition coefficient (Wildman–Crippen LogP) is 5.21. The van der Waals surface area contributed by atoms with E-state index in [-0.39, 0.29) is 15.7 Å². The maximum atomic E-state index is 12.9. The molecule has 0 aromatic heterocycles. The molecule has 0 heterocycles. The highest BCUT2D eigenvalue weighted by molar-refractivity contribution is 7.92. The van der Waals surface area contributed by atoms with Crippen molar-refractivity contribution in [2.24, 2.45) is 4.99 Å². The van der Waals surface area contributed by atoms with E-state index in [1.54, 1.807) is 36.4 Å². The number of phenols is 1. The van der Waals surface area contributed by atoms with Crippen LogP contribution in [0.15, 0.2) is 70.6 Å². The molecular formula is C21H19ClN2O3S. The molecule has 3 aromatic carbocycles. The topological polar surface area (TPSA) is 78.8 Å². The van der Waals surface area contributed by atoms with Gasteiger partial charge < -0.3 is 5.11 Å². The van der Waals surface area contributed by atoms with Gasteiger partial charge in [0.25, 0.3) is 10.0 Å². The molecule has 0 bridgehead atoms. The van der Waals surface area contributed by atoms with Crippen LogP contribution in [0.1, 0.15) is 16.7 Å². The number of halogens is 1. The third kappa shape index (κ3) is 4.52. The Bertz CT molecular complexity index is 1160. The molecule has 0 radical (unpaired) electrons. The van der Waals surface area contributed by atoms with Gasteiger partial charge in [0.05, 0.1) is 16.4 Å². The van der Waals surface area contributed by atoms with Gasteiger partial charge in [0, 0.05) is 11.8 Å². The van der Waals surface area contributed by atoms with Gasteiger partial charge in [-0.2, -0.15) is 0 Å². The molecule has 0 aliphatic rings. The lowest BCUT2D eigenvalue weighted by atomic mass is 10.1. The second-order valence-electron chi connectivity index (χ2n) is 6.36. The van der Waals surface area contributed by atoms with Crippen LogP contribution in [0, 0.1) is 13.8 Å².